The third kappa shape index (κ3) is 5.13. The summed E-state index contributed by atoms with van der Waals surface area (Å²) in [6.45, 7) is 4.56. The van der Waals surface area contributed by atoms with Gasteiger partial charge < -0.3 is 20.4 Å². The Kier molecular flexibility index (Phi) is 6.71. The van der Waals surface area contributed by atoms with Crippen molar-refractivity contribution in [2.75, 3.05) is 31.1 Å². The largest absolute Gasteiger partial charge is 0.353 e. The number of hydrogen-bond acceptors (Lipinski definition) is 4. The van der Waals surface area contributed by atoms with E-state index in [0.717, 1.165) is 11.4 Å². The molecule has 8 heteroatoms. The van der Waals surface area contributed by atoms with Gasteiger partial charge in [0.1, 0.15) is 11.9 Å². The zero-order chi connectivity index (χ0) is 19.9. The summed E-state index contributed by atoms with van der Waals surface area (Å²) in [7, 11) is 0. The van der Waals surface area contributed by atoms with Crippen LogP contribution in [0.5, 0.6) is 0 Å². The minimum Gasteiger partial charge on any atom is -0.353 e. The number of nitrogens with one attached hydrogen (secondary N) is 2. The quantitative estimate of drug-likeness (QED) is 0.805. The topological polar surface area (TPSA) is 77.6 Å². The van der Waals surface area contributed by atoms with E-state index in [0.29, 0.717) is 37.7 Å². The Balaban J connectivity index is 1.44. The molecule has 1 aromatic heterocycles. The molecule has 28 heavy (non-hydrogen) atoms. The van der Waals surface area contributed by atoms with Gasteiger partial charge in [-0.25, -0.2) is 9.78 Å². The van der Waals surface area contributed by atoms with Crippen molar-refractivity contribution in [2.45, 2.75) is 19.5 Å². The molecule has 1 saturated heterocycles. The van der Waals surface area contributed by atoms with Crippen molar-refractivity contribution in [3.05, 3.63) is 59.2 Å². The molecule has 1 fully saturated rings. The van der Waals surface area contributed by atoms with E-state index in [4.69, 9.17) is 11.6 Å². The molecular formula is C20H24ClN5O2. The molecule has 148 valence electrons. The molecule has 1 aliphatic heterocycles. The summed E-state index contributed by atoms with van der Waals surface area (Å²) in [5, 5.41) is 6.17. The first-order valence-electron chi connectivity index (χ1n) is 9.27. The number of anilines is 1. The first kappa shape index (κ1) is 19.9. The highest BCUT2D eigenvalue weighted by Gasteiger charge is 2.24. The number of carbonyl (C=O) groups excluding carboxylic acids is 2. The van der Waals surface area contributed by atoms with Gasteiger partial charge in [0.25, 0.3) is 0 Å². The predicted octanol–water partition coefficient (Wildman–Crippen LogP) is 2.27. The van der Waals surface area contributed by atoms with Crippen molar-refractivity contribution in [2.24, 2.45) is 0 Å². The van der Waals surface area contributed by atoms with Gasteiger partial charge in [0.05, 0.1) is 0 Å². The molecule has 0 unspecified atom stereocenters. The van der Waals surface area contributed by atoms with E-state index < -0.39 is 6.04 Å². The Morgan fingerprint density at radius 2 is 1.82 bits per heavy atom. The lowest BCUT2D eigenvalue weighted by Gasteiger charge is -2.35. The molecule has 7 nitrogen and oxygen atoms in total. The molecule has 0 aliphatic carbocycles. The number of pyridine rings is 1. The minimum absolute atomic E-state index is 0.235. The zero-order valence-electron chi connectivity index (χ0n) is 15.8. The average molecular weight is 402 g/mol. The van der Waals surface area contributed by atoms with Crippen LogP contribution < -0.4 is 15.5 Å². The van der Waals surface area contributed by atoms with Crippen LogP contribution in [-0.2, 0) is 11.3 Å². The highest BCUT2D eigenvalue weighted by Crippen LogP contribution is 2.14. The van der Waals surface area contributed by atoms with Crippen LogP contribution in [0.15, 0.2) is 48.7 Å². The van der Waals surface area contributed by atoms with Crippen LogP contribution in [0.25, 0.3) is 0 Å². The van der Waals surface area contributed by atoms with Gasteiger partial charge in [0, 0.05) is 43.9 Å². The zero-order valence-corrected chi connectivity index (χ0v) is 16.5. The van der Waals surface area contributed by atoms with Crippen LogP contribution in [0.3, 0.4) is 0 Å². The highest BCUT2D eigenvalue weighted by molar-refractivity contribution is 6.31. The molecule has 1 aromatic carbocycles. The maximum absolute atomic E-state index is 12.5. The fraction of sp³-hybridized carbons (Fsp3) is 0.350. The average Bonchev–Trinajstić information content (AvgIpc) is 2.73. The van der Waals surface area contributed by atoms with Gasteiger partial charge in [-0.3, -0.25) is 4.79 Å². The Bertz CT molecular complexity index is 809. The van der Waals surface area contributed by atoms with Crippen LogP contribution >= 0.6 is 11.6 Å². The second-order valence-electron chi connectivity index (χ2n) is 6.64. The second-order valence-corrected chi connectivity index (χ2v) is 7.05. The van der Waals surface area contributed by atoms with Crippen LogP contribution in [0.2, 0.25) is 5.02 Å². The van der Waals surface area contributed by atoms with Gasteiger partial charge >= 0.3 is 6.03 Å². The Morgan fingerprint density at radius 1 is 1.11 bits per heavy atom. The Hall–Kier alpha value is -2.80. The first-order valence-corrected chi connectivity index (χ1v) is 9.65. The van der Waals surface area contributed by atoms with E-state index in [2.05, 4.69) is 20.5 Å². The van der Waals surface area contributed by atoms with Gasteiger partial charge in [0.2, 0.25) is 5.91 Å². The summed E-state index contributed by atoms with van der Waals surface area (Å²) < 4.78 is 0. The van der Waals surface area contributed by atoms with E-state index >= 15 is 0 Å². The lowest BCUT2D eigenvalue weighted by atomic mass is 10.2. The van der Waals surface area contributed by atoms with Crippen molar-refractivity contribution < 1.29 is 9.59 Å². The number of aromatic nitrogens is 1. The maximum atomic E-state index is 12.5. The molecule has 2 aromatic rings. The van der Waals surface area contributed by atoms with E-state index in [1.54, 1.807) is 24.1 Å². The van der Waals surface area contributed by atoms with Crippen molar-refractivity contribution in [1.82, 2.24) is 20.5 Å². The first-order chi connectivity index (χ1) is 13.5. The Morgan fingerprint density at radius 3 is 2.50 bits per heavy atom. The summed E-state index contributed by atoms with van der Waals surface area (Å²) in [6.07, 6.45) is 1.76. The van der Waals surface area contributed by atoms with Crippen molar-refractivity contribution in [1.29, 1.82) is 0 Å². The third-order valence-corrected chi connectivity index (χ3v) is 5.05. The molecule has 2 heterocycles. The number of amides is 3. The fourth-order valence-corrected chi connectivity index (χ4v) is 3.20. The number of halogens is 1. The second kappa shape index (κ2) is 9.41. The van der Waals surface area contributed by atoms with Crippen LogP contribution in [0, 0.1) is 0 Å². The predicted molar refractivity (Wildman–Crippen MR) is 109 cm³/mol. The number of piperazine rings is 1. The summed E-state index contributed by atoms with van der Waals surface area (Å²) >= 11 is 6.09. The lowest BCUT2D eigenvalue weighted by Crippen LogP contribution is -2.55. The molecular weight excluding hydrogens is 378 g/mol. The van der Waals surface area contributed by atoms with Crippen LogP contribution in [0.1, 0.15) is 12.5 Å². The van der Waals surface area contributed by atoms with E-state index in [1.165, 1.54) is 0 Å². The molecule has 0 spiro atoms. The molecule has 1 aliphatic rings. The van der Waals surface area contributed by atoms with E-state index in [-0.39, 0.29) is 11.9 Å². The van der Waals surface area contributed by atoms with Crippen LogP contribution in [0.4, 0.5) is 10.6 Å². The monoisotopic (exact) mass is 401 g/mol. The molecule has 2 N–H and O–H groups in total. The highest BCUT2D eigenvalue weighted by atomic mass is 35.5. The van der Waals surface area contributed by atoms with Gasteiger partial charge in [-0.2, -0.15) is 0 Å². The minimum atomic E-state index is -0.635. The smallest absolute Gasteiger partial charge is 0.318 e. The number of nitrogens with zero attached hydrogens (tertiary/aromatic N) is 3. The molecule has 0 bridgehead atoms. The van der Waals surface area contributed by atoms with Crippen molar-refractivity contribution in [3.8, 4) is 0 Å². The van der Waals surface area contributed by atoms with E-state index in [9.17, 15) is 9.59 Å². The van der Waals surface area contributed by atoms with Crippen molar-refractivity contribution in [3.63, 3.8) is 0 Å². The number of rotatable bonds is 5. The number of carbonyl (C=O) groups is 2. The number of urea groups is 1. The fourth-order valence-electron chi connectivity index (χ4n) is 3.00. The van der Waals surface area contributed by atoms with Gasteiger partial charge in [-0.05, 0) is 30.7 Å². The SMILES string of the molecule is C[C@H](NC(=O)N1CCN(c2ccccn2)CC1)C(=O)NCc1ccccc1Cl. The molecule has 1 atom stereocenters. The van der Waals surface area contributed by atoms with Crippen molar-refractivity contribution >= 4 is 29.4 Å². The summed E-state index contributed by atoms with van der Waals surface area (Å²) in [5.74, 6) is 0.662. The summed E-state index contributed by atoms with van der Waals surface area (Å²) in [5.41, 5.74) is 0.835. The number of benzene rings is 1. The summed E-state index contributed by atoms with van der Waals surface area (Å²) in [6, 6.07) is 12.3. The number of hydrogen-bond donors (Lipinski definition) is 2. The van der Waals surface area contributed by atoms with Gasteiger partial charge in [-0.15, -0.1) is 0 Å². The third-order valence-electron chi connectivity index (χ3n) is 4.68. The molecule has 3 amide bonds. The maximum Gasteiger partial charge on any atom is 0.318 e. The van der Waals surface area contributed by atoms with E-state index in [1.807, 2.05) is 36.4 Å². The molecule has 0 radical (unpaired) electrons. The summed E-state index contributed by atoms with van der Waals surface area (Å²) in [4.78, 5) is 32.9. The van der Waals surface area contributed by atoms with Gasteiger partial charge in [-0.1, -0.05) is 35.9 Å². The molecule has 3 rings (SSSR count). The molecule has 0 saturated carbocycles. The van der Waals surface area contributed by atoms with Crippen LogP contribution in [-0.4, -0.2) is 54.0 Å². The Labute approximate surface area is 169 Å². The normalized spacial score (nSPS) is 15.1. The lowest BCUT2D eigenvalue weighted by molar-refractivity contribution is -0.122. The standard InChI is InChI=1S/C20H24ClN5O2/c1-15(19(27)23-14-16-6-2-3-7-17(16)21)24-20(28)26-12-10-25(11-13-26)18-8-4-5-9-22-18/h2-9,15H,10-14H2,1H3,(H,23,27)(H,24,28)/t15-/m0/s1. The van der Waals surface area contributed by atoms with Gasteiger partial charge in [0.15, 0.2) is 0 Å².